The van der Waals surface area contributed by atoms with Crippen LogP contribution in [0.1, 0.15) is 32.6 Å². The number of nitrogens with one attached hydrogen (secondary N) is 1. The number of furan rings is 1. The average Bonchev–Trinajstić information content (AvgIpc) is 3.00. The Morgan fingerprint density at radius 1 is 1.22 bits per heavy atom. The molecule has 2 N–H and O–H groups in total. The van der Waals surface area contributed by atoms with Gasteiger partial charge in [-0.1, -0.05) is 18.2 Å². The molecule has 2 atom stereocenters. The van der Waals surface area contributed by atoms with Crippen LogP contribution in [0.25, 0.3) is 0 Å². The molecule has 1 aromatic heterocycles. The monoisotopic (exact) mass is 333 g/mol. The summed E-state index contributed by atoms with van der Waals surface area (Å²) in [5.41, 5.74) is -0.352. The van der Waals surface area contributed by atoms with Gasteiger partial charge < -0.3 is 14.8 Å². The summed E-state index contributed by atoms with van der Waals surface area (Å²) in [7, 11) is 0. The molecule has 4 nitrogen and oxygen atoms in total. The van der Waals surface area contributed by atoms with Crippen LogP contribution >= 0.6 is 11.8 Å². The average molecular weight is 333 g/mol. The van der Waals surface area contributed by atoms with Crippen molar-refractivity contribution < 1.29 is 14.3 Å². The molecule has 1 heterocycles. The summed E-state index contributed by atoms with van der Waals surface area (Å²) in [6, 6.07) is 13.2. The predicted molar refractivity (Wildman–Crippen MR) is 92.2 cm³/mol. The van der Waals surface area contributed by atoms with E-state index in [-0.39, 0.29) is 11.4 Å². The molecule has 0 fully saturated rings. The van der Waals surface area contributed by atoms with Crippen LogP contribution in [0, 0.1) is 5.92 Å². The lowest BCUT2D eigenvalue weighted by Gasteiger charge is -2.26. The summed E-state index contributed by atoms with van der Waals surface area (Å²) in [6.45, 7) is 5.77. The molecule has 23 heavy (non-hydrogen) atoms. The number of thioether (sulfide) groups is 1. The minimum Gasteiger partial charge on any atom is -0.467 e. The van der Waals surface area contributed by atoms with Gasteiger partial charge in [-0.05, 0) is 45.0 Å². The van der Waals surface area contributed by atoms with Gasteiger partial charge in [0.05, 0.1) is 12.2 Å². The standard InChI is InChI=1S/C18H23NO3S/c1-18(2,3)19-17(21)14(16(20)15-10-7-11-22-15)12-23-13-8-5-4-6-9-13/h4-11,14,16,20H,12H2,1-3H3,(H,19,21)/t14-,16-/m1/s1. The molecular weight excluding hydrogens is 310 g/mol. The van der Waals surface area contributed by atoms with Crippen molar-refractivity contribution >= 4 is 17.7 Å². The van der Waals surface area contributed by atoms with Crippen molar-refractivity contribution in [2.24, 2.45) is 5.92 Å². The first-order valence-corrected chi connectivity index (χ1v) is 8.57. The Morgan fingerprint density at radius 2 is 1.91 bits per heavy atom. The van der Waals surface area contributed by atoms with Crippen molar-refractivity contribution in [1.29, 1.82) is 0 Å². The number of aliphatic hydroxyl groups excluding tert-OH is 1. The van der Waals surface area contributed by atoms with Crippen molar-refractivity contribution in [3.8, 4) is 0 Å². The van der Waals surface area contributed by atoms with E-state index in [0.29, 0.717) is 11.5 Å². The van der Waals surface area contributed by atoms with E-state index in [1.54, 1.807) is 23.9 Å². The fourth-order valence-corrected chi connectivity index (χ4v) is 3.19. The minimum atomic E-state index is -0.969. The smallest absolute Gasteiger partial charge is 0.227 e. The molecule has 0 saturated heterocycles. The highest BCUT2D eigenvalue weighted by molar-refractivity contribution is 7.99. The maximum Gasteiger partial charge on any atom is 0.227 e. The summed E-state index contributed by atoms with van der Waals surface area (Å²) in [5.74, 6) is 0.108. The zero-order valence-electron chi connectivity index (χ0n) is 13.7. The van der Waals surface area contributed by atoms with Crippen LogP contribution in [-0.4, -0.2) is 22.3 Å². The Bertz CT molecular complexity index is 605. The first-order chi connectivity index (χ1) is 10.9. The molecule has 0 aliphatic heterocycles. The van der Waals surface area contributed by atoms with Crippen molar-refractivity contribution in [1.82, 2.24) is 5.32 Å². The minimum absolute atomic E-state index is 0.176. The van der Waals surface area contributed by atoms with Gasteiger partial charge in [-0.3, -0.25) is 4.79 Å². The predicted octanol–water partition coefficient (Wildman–Crippen LogP) is 3.64. The SMILES string of the molecule is CC(C)(C)NC(=O)[C@H](CSc1ccccc1)[C@@H](O)c1ccco1. The van der Waals surface area contributed by atoms with Gasteiger partial charge in [-0.2, -0.15) is 0 Å². The van der Waals surface area contributed by atoms with Gasteiger partial charge >= 0.3 is 0 Å². The van der Waals surface area contributed by atoms with E-state index in [2.05, 4.69) is 5.32 Å². The zero-order valence-corrected chi connectivity index (χ0v) is 14.5. The summed E-state index contributed by atoms with van der Waals surface area (Å²) >= 11 is 1.55. The third-order valence-electron chi connectivity index (χ3n) is 3.22. The fourth-order valence-electron chi connectivity index (χ4n) is 2.13. The van der Waals surface area contributed by atoms with E-state index in [1.807, 2.05) is 51.1 Å². The van der Waals surface area contributed by atoms with Crippen molar-refractivity contribution in [2.75, 3.05) is 5.75 Å². The van der Waals surface area contributed by atoms with E-state index in [0.717, 1.165) is 4.90 Å². The van der Waals surface area contributed by atoms with Crippen LogP contribution in [0.5, 0.6) is 0 Å². The zero-order chi connectivity index (χ0) is 16.9. The second-order valence-corrected chi connectivity index (χ2v) is 7.52. The molecule has 2 rings (SSSR count). The Balaban J connectivity index is 2.12. The van der Waals surface area contributed by atoms with Crippen LogP contribution in [0.4, 0.5) is 0 Å². The van der Waals surface area contributed by atoms with Crippen LogP contribution in [0.3, 0.4) is 0 Å². The lowest BCUT2D eigenvalue weighted by atomic mass is 9.99. The first kappa shape index (κ1) is 17.6. The van der Waals surface area contributed by atoms with Gasteiger partial charge in [0.25, 0.3) is 0 Å². The van der Waals surface area contributed by atoms with E-state index in [1.165, 1.54) is 6.26 Å². The summed E-state index contributed by atoms with van der Waals surface area (Å²) in [5, 5.41) is 13.5. The number of hydrogen-bond acceptors (Lipinski definition) is 4. The second kappa shape index (κ2) is 7.70. The van der Waals surface area contributed by atoms with Crippen molar-refractivity contribution in [2.45, 2.75) is 37.3 Å². The Morgan fingerprint density at radius 3 is 2.48 bits per heavy atom. The highest BCUT2D eigenvalue weighted by Crippen LogP contribution is 2.29. The number of aliphatic hydroxyl groups is 1. The maximum atomic E-state index is 12.6. The Labute approximate surface area is 141 Å². The highest BCUT2D eigenvalue weighted by Gasteiger charge is 2.31. The quantitative estimate of drug-likeness (QED) is 0.792. The molecule has 0 aliphatic carbocycles. The normalized spacial score (nSPS) is 14.3. The third-order valence-corrected chi connectivity index (χ3v) is 4.35. The second-order valence-electron chi connectivity index (χ2n) is 6.43. The third kappa shape index (κ3) is 5.44. The fraction of sp³-hybridized carbons (Fsp3) is 0.389. The van der Waals surface area contributed by atoms with E-state index >= 15 is 0 Å². The number of rotatable bonds is 6. The summed E-state index contributed by atoms with van der Waals surface area (Å²) in [6.07, 6.45) is 0.533. The van der Waals surface area contributed by atoms with Gasteiger partial charge in [0.2, 0.25) is 5.91 Å². The topological polar surface area (TPSA) is 62.5 Å². The molecular formula is C18H23NO3S. The largest absolute Gasteiger partial charge is 0.467 e. The van der Waals surface area contributed by atoms with Gasteiger partial charge in [0.1, 0.15) is 11.9 Å². The molecule has 124 valence electrons. The molecule has 1 aromatic carbocycles. The number of amides is 1. The van der Waals surface area contributed by atoms with Crippen LogP contribution in [-0.2, 0) is 4.79 Å². The molecule has 0 aliphatic rings. The number of carbonyl (C=O) groups excluding carboxylic acids is 1. The molecule has 0 unspecified atom stereocenters. The Kier molecular flexibility index (Phi) is 5.91. The van der Waals surface area contributed by atoms with Crippen LogP contribution in [0.2, 0.25) is 0 Å². The first-order valence-electron chi connectivity index (χ1n) is 7.58. The van der Waals surface area contributed by atoms with E-state index in [4.69, 9.17) is 4.42 Å². The molecule has 2 aromatic rings. The summed E-state index contributed by atoms with van der Waals surface area (Å²) < 4.78 is 5.27. The summed E-state index contributed by atoms with van der Waals surface area (Å²) in [4.78, 5) is 13.7. The molecule has 0 spiro atoms. The van der Waals surface area contributed by atoms with Gasteiger partial charge in [0, 0.05) is 16.2 Å². The van der Waals surface area contributed by atoms with E-state index in [9.17, 15) is 9.90 Å². The number of benzene rings is 1. The number of hydrogen-bond donors (Lipinski definition) is 2. The lowest BCUT2D eigenvalue weighted by Crippen LogP contribution is -2.46. The molecule has 0 saturated carbocycles. The maximum absolute atomic E-state index is 12.6. The van der Waals surface area contributed by atoms with Crippen LogP contribution < -0.4 is 5.32 Å². The Hall–Kier alpha value is -1.72. The van der Waals surface area contributed by atoms with Crippen molar-refractivity contribution in [3.63, 3.8) is 0 Å². The van der Waals surface area contributed by atoms with Gasteiger partial charge in [-0.25, -0.2) is 0 Å². The molecule has 5 heteroatoms. The van der Waals surface area contributed by atoms with Crippen molar-refractivity contribution in [3.05, 3.63) is 54.5 Å². The van der Waals surface area contributed by atoms with E-state index < -0.39 is 12.0 Å². The van der Waals surface area contributed by atoms with Crippen LogP contribution in [0.15, 0.2) is 58.0 Å². The lowest BCUT2D eigenvalue weighted by molar-refractivity contribution is -0.129. The number of carbonyl (C=O) groups is 1. The molecule has 0 radical (unpaired) electrons. The highest BCUT2D eigenvalue weighted by atomic mass is 32.2. The van der Waals surface area contributed by atoms with Gasteiger partial charge in [0.15, 0.2) is 0 Å². The van der Waals surface area contributed by atoms with Gasteiger partial charge in [-0.15, -0.1) is 11.8 Å². The molecule has 1 amide bonds. The molecule has 0 bridgehead atoms.